The van der Waals surface area contributed by atoms with Gasteiger partial charge in [0, 0.05) is 13.1 Å². The monoisotopic (exact) mass is 306 g/mol. The zero-order valence-corrected chi connectivity index (χ0v) is 12.2. The van der Waals surface area contributed by atoms with Crippen molar-refractivity contribution in [1.82, 2.24) is 10.2 Å². The van der Waals surface area contributed by atoms with Crippen LogP contribution in [0.3, 0.4) is 0 Å². The second-order valence-electron chi connectivity index (χ2n) is 6.21. The molecule has 0 spiro atoms. The zero-order valence-electron chi connectivity index (χ0n) is 12.2. The summed E-state index contributed by atoms with van der Waals surface area (Å²) in [6, 6.07) is 7.52. The molecular weight excluding hydrogens is 287 g/mol. The third kappa shape index (κ3) is 2.91. The van der Waals surface area contributed by atoms with Crippen LogP contribution in [-0.4, -0.2) is 34.2 Å². The largest absolute Gasteiger partial charge is 0.481 e. The van der Waals surface area contributed by atoms with Crippen molar-refractivity contribution in [2.45, 2.75) is 38.0 Å². The Morgan fingerprint density at radius 1 is 1.32 bits per heavy atom. The average Bonchev–Trinajstić information content (AvgIpc) is 3.09. The van der Waals surface area contributed by atoms with E-state index in [1.54, 1.807) is 4.90 Å². The first-order valence-corrected chi connectivity index (χ1v) is 7.48. The van der Waals surface area contributed by atoms with Crippen LogP contribution in [-0.2, 0) is 17.9 Å². The number of nitrogens with one attached hydrogen (secondary N) is 1. The summed E-state index contributed by atoms with van der Waals surface area (Å²) in [4.78, 5) is 24.7. The van der Waals surface area contributed by atoms with Crippen molar-refractivity contribution in [3.05, 3.63) is 35.4 Å². The Morgan fingerprint density at radius 3 is 2.50 bits per heavy atom. The fourth-order valence-corrected chi connectivity index (χ4v) is 3.27. The molecule has 5 nitrogen and oxygen atoms in total. The Hall–Kier alpha value is -2.11. The van der Waals surface area contributed by atoms with E-state index in [0.717, 1.165) is 11.1 Å². The van der Waals surface area contributed by atoms with Gasteiger partial charge in [0.25, 0.3) is 0 Å². The number of hydrogen-bond acceptors (Lipinski definition) is 2. The molecule has 0 radical (unpaired) electrons. The molecule has 1 aliphatic carbocycles. The lowest BCUT2D eigenvalue weighted by Crippen LogP contribution is -2.43. The molecule has 1 fully saturated rings. The molecule has 2 atom stereocenters. The average molecular weight is 306 g/mol. The highest BCUT2D eigenvalue weighted by molar-refractivity contribution is 5.75. The van der Waals surface area contributed by atoms with E-state index in [9.17, 15) is 14.0 Å². The van der Waals surface area contributed by atoms with E-state index in [-0.39, 0.29) is 25.4 Å². The number of amides is 2. The van der Waals surface area contributed by atoms with Crippen LogP contribution in [0.15, 0.2) is 24.3 Å². The van der Waals surface area contributed by atoms with E-state index in [1.165, 1.54) is 0 Å². The standard InChI is InChI=1S/C16H19FN2O3/c17-16(6-5-11(7-16)14(20)21)10-18-15(22)19-8-12-3-1-2-4-13(12)9-19/h1-4,11H,5-10H2,(H,18,22)(H,20,21)/t11-,16-/m1/s1. The summed E-state index contributed by atoms with van der Waals surface area (Å²) < 4.78 is 14.5. The molecular formula is C16H19FN2O3. The topological polar surface area (TPSA) is 69.6 Å². The number of benzene rings is 1. The van der Waals surface area contributed by atoms with Crippen molar-refractivity contribution < 1.29 is 19.1 Å². The Labute approximate surface area is 128 Å². The van der Waals surface area contributed by atoms with E-state index in [2.05, 4.69) is 5.32 Å². The predicted molar refractivity (Wildman–Crippen MR) is 77.9 cm³/mol. The molecule has 0 bridgehead atoms. The number of urea groups is 1. The van der Waals surface area contributed by atoms with Crippen LogP contribution in [0.2, 0.25) is 0 Å². The van der Waals surface area contributed by atoms with E-state index in [1.807, 2.05) is 24.3 Å². The number of alkyl halides is 1. The number of carbonyl (C=O) groups excluding carboxylic acids is 1. The molecule has 1 aromatic rings. The number of aliphatic carboxylic acids is 1. The van der Waals surface area contributed by atoms with Gasteiger partial charge in [-0.25, -0.2) is 9.18 Å². The SMILES string of the molecule is O=C(O)[C@@H]1CC[C@](F)(CNC(=O)N2Cc3ccccc3C2)C1. The first kappa shape index (κ1) is 14.8. The number of carbonyl (C=O) groups is 2. The Bertz CT molecular complexity index is 582. The van der Waals surface area contributed by atoms with Gasteiger partial charge < -0.3 is 15.3 Å². The third-order valence-electron chi connectivity index (χ3n) is 4.59. The van der Waals surface area contributed by atoms with E-state index < -0.39 is 17.6 Å². The summed E-state index contributed by atoms with van der Waals surface area (Å²) in [6.07, 6.45) is 0.490. The summed E-state index contributed by atoms with van der Waals surface area (Å²) in [5.74, 6) is -1.60. The highest BCUT2D eigenvalue weighted by Crippen LogP contribution is 2.37. The van der Waals surface area contributed by atoms with E-state index >= 15 is 0 Å². The van der Waals surface area contributed by atoms with Crippen molar-refractivity contribution in [2.75, 3.05) is 6.54 Å². The number of nitrogens with zero attached hydrogens (tertiary/aromatic N) is 1. The number of fused-ring (bicyclic) bond motifs is 1. The molecule has 1 saturated carbocycles. The first-order chi connectivity index (χ1) is 10.5. The second kappa shape index (κ2) is 5.59. The van der Waals surface area contributed by atoms with Gasteiger partial charge in [-0.15, -0.1) is 0 Å². The quantitative estimate of drug-likeness (QED) is 0.900. The fourth-order valence-electron chi connectivity index (χ4n) is 3.27. The van der Waals surface area contributed by atoms with Crippen LogP contribution < -0.4 is 5.32 Å². The highest BCUT2D eigenvalue weighted by atomic mass is 19.1. The molecule has 1 heterocycles. The van der Waals surface area contributed by atoms with Crippen LogP contribution in [0.4, 0.5) is 9.18 Å². The summed E-state index contributed by atoms with van der Waals surface area (Å²) in [7, 11) is 0. The minimum atomic E-state index is -1.61. The summed E-state index contributed by atoms with van der Waals surface area (Å²) in [6.45, 7) is 0.931. The van der Waals surface area contributed by atoms with Gasteiger partial charge in [-0.2, -0.15) is 0 Å². The Balaban J connectivity index is 1.53. The molecule has 6 heteroatoms. The van der Waals surface area contributed by atoms with Crippen LogP contribution in [0.1, 0.15) is 30.4 Å². The van der Waals surface area contributed by atoms with E-state index in [0.29, 0.717) is 19.5 Å². The van der Waals surface area contributed by atoms with Gasteiger partial charge in [0.15, 0.2) is 0 Å². The molecule has 0 aromatic heterocycles. The summed E-state index contributed by atoms with van der Waals surface area (Å²) in [5.41, 5.74) is 0.615. The molecule has 2 N–H and O–H groups in total. The maximum Gasteiger partial charge on any atom is 0.318 e. The van der Waals surface area contributed by atoms with Gasteiger partial charge in [-0.1, -0.05) is 24.3 Å². The minimum Gasteiger partial charge on any atom is -0.481 e. The number of halogens is 1. The number of carboxylic acids is 1. The van der Waals surface area contributed by atoms with Gasteiger partial charge in [0.1, 0.15) is 5.67 Å². The molecule has 1 aliphatic heterocycles. The highest BCUT2D eigenvalue weighted by Gasteiger charge is 2.42. The number of rotatable bonds is 3. The molecule has 118 valence electrons. The van der Waals surface area contributed by atoms with Crippen LogP contribution in [0, 0.1) is 5.92 Å². The van der Waals surface area contributed by atoms with Crippen molar-refractivity contribution in [3.63, 3.8) is 0 Å². The Kier molecular flexibility index (Phi) is 3.76. The number of hydrogen-bond donors (Lipinski definition) is 2. The van der Waals surface area contributed by atoms with Crippen molar-refractivity contribution in [2.24, 2.45) is 5.92 Å². The van der Waals surface area contributed by atoms with Crippen molar-refractivity contribution >= 4 is 12.0 Å². The zero-order chi connectivity index (χ0) is 15.7. The smallest absolute Gasteiger partial charge is 0.318 e. The third-order valence-corrected chi connectivity index (χ3v) is 4.59. The van der Waals surface area contributed by atoms with Gasteiger partial charge in [0.05, 0.1) is 12.5 Å². The maximum absolute atomic E-state index is 14.5. The van der Waals surface area contributed by atoms with Crippen molar-refractivity contribution in [1.29, 1.82) is 0 Å². The van der Waals surface area contributed by atoms with Crippen molar-refractivity contribution in [3.8, 4) is 0 Å². The van der Waals surface area contributed by atoms with Gasteiger partial charge in [0.2, 0.25) is 0 Å². The van der Waals surface area contributed by atoms with Gasteiger partial charge in [-0.3, -0.25) is 4.79 Å². The summed E-state index contributed by atoms with van der Waals surface area (Å²) >= 11 is 0. The number of carboxylic acid groups (broad SMARTS) is 1. The molecule has 2 aliphatic rings. The minimum absolute atomic E-state index is 0.0250. The van der Waals surface area contributed by atoms with Gasteiger partial charge in [-0.05, 0) is 30.4 Å². The van der Waals surface area contributed by atoms with Crippen LogP contribution in [0.5, 0.6) is 0 Å². The Morgan fingerprint density at radius 2 is 1.95 bits per heavy atom. The molecule has 3 rings (SSSR count). The maximum atomic E-state index is 14.5. The van der Waals surface area contributed by atoms with Crippen LogP contribution >= 0.6 is 0 Å². The lowest BCUT2D eigenvalue weighted by Gasteiger charge is -2.23. The molecule has 1 aromatic carbocycles. The summed E-state index contributed by atoms with van der Waals surface area (Å²) in [5, 5.41) is 11.6. The fraction of sp³-hybridized carbons (Fsp3) is 0.500. The molecule has 2 amide bonds. The predicted octanol–water partition coefficient (Wildman–Crippen LogP) is 2.30. The molecule has 22 heavy (non-hydrogen) atoms. The molecule has 0 saturated heterocycles. The second-order valence-corrected chi connectivity index (χ2v) is 6.21. The van der Waals surface area contributed by atoms with Gasteiger partial charge >= 0.3 is 12.0 Å². The lowest BCUT2D eigenvalue weighted by molar-refractivity contribution is -0.141. The normalized spacial score (nSPS) is 26.8. The molecule has 0 unspecified atom stereocenters. The van der Waals surface area contributed by atoms with E-state index in [4.69, 9.17) is 5.11 Å². The first-order valence-electron chi connectivity index (χ1n) is 7.48. The lowest BCUT2D eigenvalue weighted by atomic mass is 10.0. The van der Waals surface area contributed by atoms with Crippen LogP contribution in [0.25, 0.3) is 0 Å².